The molecule has 0 saturated carbocycles. The summed E-state index contributed by atoms with van der Waals surface area (Å²) in [5.74, 6) is 1.47. The van der Waals surface area contributed by atoms with Crippen molar-refractivity contribution in [3.63, 3.8) is 0 Å². The number of hydrogen-bond donors (Lipinski definition) is 1. The fraction of sp³-hybridized carbons (Fsp3) is 0.455. The smallest absolute Gasteiger partial charge is 0.245 e. The third-order valence-electron chi connectivity index (χ3n) is 6.18. The van der Waals surface area contributed by atoms with E-state index in [2.05, 4.69) is 15.3 Å². The van der Waals surface area contributed by atoms with Gasteiger partial charge in [-0.2, -0.15) is 0 Å². The lowest BCUT2D eigenvalue weighted by Gasteiger charge is -2.31. The molecule has 2 atom stereocenters. The highest BCUT2D eigenvalue weighted by Gasteiger charge is 2.28. The van der Waals surface area contributed by atoms with Gasteiger partial charge in [-0.15, -0.1) is 0 Å². The second-order valence-corrected chi connectivity index (χ2v) is 8.07. The fourth-order valence-electron chi connectivity index (χ4n) is 4.46. The molecule has 7 heteroatoms. The van der Waals surface area contributed by atoms with E-state index < -0.39 is 0 Å². The van der Waals surface area contributed by atoms with E-state index in [1.54, 1.807) is 6.33 Å². The van der Waals surface area contributed by atoms with Crippen LogP contribution in [0.2, 0.25) is 0 Å². The molecule has 1 N–H and O–H groups in total. The highest BCUT2D eigenvalue weighted by atomic mass is 16.2. The van der Waals surface area contributed by atoms with E-state index in [1.165, 1.54) is 6.42 Å². The Morgan fingerprint density at radius 2 is 2.17 bits per heavy atom. The molecule has 0 aliphatic carbocycles. The number of benzene rings is 1. The molecule has 1 fully saturated rings. The topological polar surface area (TPSA) is 75.9 Å². The van der Waals surface area contributed by atoms with Crippen LogP contribution in [0.5, 0.6) is 0 Å². The van der Waals surface area contributed by atoms with Crippen molar-refractivity contribution in [1.82, 2.24) is 29.7 Å². The van der Waals surface area contributed by atoms with Gasteiger partial charge in [-0.25, -0.2) is 15.0 Å². The van der Waals surface area contributed by atoms with Gasteiger partial charge in [0.1, 0.15) is 11.9 Å². The number of aromatic nitrogens is 4. The summed E-state index contributed by atoms with van der Waals surface area (Å²) in [5, 5.41) is 3.43. The van der Waals surface area contributed by atoms with Crippen LogP contribution >= 0.6 is 0 Å². The molecule has 1 aromatic carbocycles. The van der Waals surface area contributed by atoms with E-state index in [0.717, 1.165) is 54.0 Å². The molecular formula is C22H26N6O. The Morgan fingerprint density at radius 1 is 1.28 bits per heavy atom. The fourth-order valence-corrected chi connectivity index (χ4v) is 4.46. The molecule has 29 heavy (non-hydrogen) atoms. The molecule has 5 rings (SSSR count). The maximum Gasteiger partial charge on any atom is 0.245 e. The molecule has 0 bridgehead atoms. The number of imidazole rings is 1. The first-order valence-corrected chi connectivity index (χ1v) is 10.5. The Hall–Kier alpha value is -2.80. The summed E-state index contributed by atoms with van der Waals surface area (Å²) in [5.41, 5.74) is 4.07. The molecule has 1 amide bonds. The highest BCUT2D eigenvalue weighted by Crippen LogP contribution is 2.25. The van der Waals surface area contributed by atoms with Crippen LogP contribution in [0.3, 0.4) is 0 Å². The molecule has 2 aromatic heterocycles. The van der Waals surface area contributed by atoms with Crippen molar-refractivity contribution in [3.8, 4) is 0 Å². The lowest BCUT2D eigenvalue weighted by Crippen LogP contribution is -2.40. The predicted octanol–water partition coefficient (Wildman–Crippen LogP) is 2.44. The molecule has 0 radical (unpaired) electrons. The van der Waals surface area contributed by atoms with Crippen molar-refractivity contribution in [2.45, 2.75) is 44.7 Å². The average Bonchev–Trinajstić information content (AvgIpc) is 3.22. The maximum absolute atomic E-state index is 13.2. The summed E-state index contributed by atoms with van der Waals surface area (Å²) in [7, 11) is 0. The zero-order valence-electron chi connectivity index (χ0n) is 16.7. The molecule has 2 aliphatic rings. The summed E-state index contributed by atoms with van der Waals surface area (Å²) in [6.07, 6.45) is 6.80. The molecule has 3 aromatic rings. The third-order valence-corrected chi connectivity index (χ3v) is 6.18. The SMILES string of the molecule is C[C@@H](C(=O)N1CCc2nc([C@H]3CCCNC3)ncc2C1)n1cnc2ccccc21. The van der Waals surface area contributed by atoms with Crippen molar-refractivity contribution in [2.75, 3.05) is 19.6 Å². The number of carbonyl (C=O) groups is 1. The van der Waals surface area contributed by atoms with Gasteiger partial charge in [0.25, 0.3) is 0 Å². The summed E-state index contributed by atoms with van der Waals surface area (Å²) >= 11 is 0. The third kappa shape index (κ3) is 3.40. The van der Waals surface area contributed by atoms with E-state index in [1.807, 2.05) is 46.9 Å². The number of piperidine rings is 1. The number of nitrogens with zero attached hydrogens (tertiary/aromatic N) is 5. The molecule has 1 saturated heterocycles. The number of para-hydroxylation sites is 2. The first-order chi connectivity index (χ1) is 14.2. The highest BCUT2D eigenvalue weighted by molar-refractivity contribution is 5.83. The van der Waals surface area contributed by atoms with Gasteiger partial charge in [0.2, 0.25) is 5.91 Å². The van der Waals surface area contributed by atoms with Crippen molar-refractivity contribution >= 4 is 16.9 Å². The summed E-state index contributed by atoms with van der Waals surface area (Å²) < 4.78 is 1.96. The Kier molecular flexibility index (Phi) is 4.75. The van der Waals surface area contributed by atoms with Crippen LogP contribution < -0.4 is 5.32 Å². The van der Waals surface area contributed by atoms with E-state index in [4.69, 9.17) is 4.98 Å². The minimum Gasteiger partial charge on any atom is -0.336 e. The van der Waals surface area contributed by atoms with Crippen molar-refractivity contribution in [1.29, 1.82) is 0 Å². The van der Waals surface area contributed by atoms with Crippen LogP contribution in [-0.4, -0.2) is 50.0 Å². The summed E-state index contributed by atoms with van der Waals surface area (Å²) in [4.78, 5) is 29.0. The quantitative estimate of drug-likeness (QED) is 0.743. The van der Waals surface area contributed by atoms with Crippen LogP contribution in [0.25, 0.3) is 11.0 Å². The second kappa shape index (κ2) is 7.55. The minimum absolute atomic E-state index is 0.111. The lowest BCUT2D eigenvalue weighted by molar-refractivity contribution is -0.135. The van der Waals surface area contributed by atoms with Gasteiger partial charge in [0.15, 0.2) is 0 Å². The monoisotopic (exact) mass is 390 g/mol. The van der Waals surface area contributed by atoms with Crippen LogP contribution in [0, 0.1) is 0 Å². The normalized spacial score (nSPS) is 20.4. The first kappa shape index (κ1) is 18.2. The molecule has 4 heterocycles. The second-order valence-electron chi connectivity index (χ2n) is 8.07. The average molecular weight is 390 g/mol. The van der Waals surface area contributed by atoms with E-state index in [0.29, 0.717) is 19.0 Å². The van der Waals surface area contributed by atoms with Gasteiger partial charge < -0.3 is 14.8 Å². The molecule has 150 valence electrons. The van der Waals surface area contributed by atoms with Gasteiger partial charge >= 0.3 is 0 Å². The number of hydrogen-bond acceptors (Lipinski definition) is 5. The molecule has 2 aliphatic heterocycles. The van der Waals surface area contributed by atoms with Gasteiger partial charge in [-0.05, 0) is 38.4 Å². The van der Waals surface area contributed by atoms with Crippen LogP contribution in [0.4, 0.5) is 0 Å². The zero-order chi connectivity index (χ0) is 19.8. The predicted molar refractivity (Wildman–Crippen MR) is 110 cm³/mol. The van der Waals surface area contributed by atoms with Crippen molar-refractivity contribution in [2.24, 2.45) is 0 Å². The summed E-state index contributed by atoms with van der Waals surface area (Å²) in [6.45, 7) is 5.26. The number of fused-ring (bicyclic) bond motifs is 2. The van der Waals surface area contributed by atoms with E-state index in [9.17, 15) is 4.79 Å². The lowest BCUT2D eigenvalue weighted by atomic mass is 9.98. The van der Waals surface area contributed by atoms with E-state index in [-0.39, 0.29) is 11.9 Å². The Balaban J connectivity index is 1.33. The Labute approximate surface area is 170 Å². The van der Waals surface area contributed by atoms with Gasteiger partial charge in [0.05, 0.1) is 23.1 Å². The minimum atomic E-state index is -0.294. The number of rotatable bonds is 3. The van der Waals surface area contributed by atoms with Gasteiger partial charge in [-0.3, -0.25) is 4.79 Å². The Bertz CT molecular complexity index is 1040. The largest absolute Gasteiger partial charge is 0.336 e. The van der Waals surface area contributed by atoms with Crippen LogP contribution in [0.1, 0.15) is 48.8 Å². The van der Waals surface area contributed by atoms with Gasteiger partial charge in [-0.1, -0.05) is 12.1 Å². The Morgan fingerprint density at radius 3 is 3.03 bits per heavy atom. The van der Waals surface area contributed by atoms with Crippen LogP contribution in [-0.2, 0) is 17.8 Å². The standard InChI is InChI=1S/C22H26N6O/c1-15(28-14-25-19-6-2-3-7-20(19)28)22(29)27-10-8-18-17(13-27)12-24-21(26-18)16-5-4-9-23-11-16/h2-3,6-7,12,14-16,23H,4-5,8-11,13H2,1H3/t15-,16-/m0/s1. The maximum atomic E-state index is 13.2. The molecule has 7 nitrogen and oxygen atoms in total. The van der Waals surface area contributed by atoms with Crippen molar-refractivity contribution < 1.29 is 4.79 Å². The molecular weight excluding hydrogens is 364 g/mol. The number of nitrogens with one attached hydrogen (secondary N) is 1. The zero-order valence-corrected chi connectivity index (χ0v) is 16.7. The number of amides is 1. The van der Waals surface area contributed by atoms with E-state index >= 15 is 0 Å². The molecule has 0 unspecified atom stereocenters. The van der Waals surface area contributed by atoms with Gasteiger partial charge in [0, 0.05) is 43.7 Å². The van der Waals surface area contributed by atoms with Crippen molar-refractivity contribution in [3.05, 3.63) is 53.9 Å². The first-order valence-electron chi connectivity index (χ1n) is 10.5. The molecule has 0 spiro atoms. The number of carbonyl (C=O) groups excluding carboxylic acids is 1. The summed E-state index contributed by atoms with van der Waals surface area (Å²) in [6, 6.07) is 7.62. The van der Waals surface area contributed by atoms with Crippen LogP contribution in [0.15, 0.2) is 36.8 Å².